The lowest BCUT2D eigenvalue weighted by Crippen LogP contribution is -2.28. The summed E-state index contributed by atoms with van der Waals surface area (Å²) in [5.41, 5.74) is 3.13. The van der Waals surface area contributed by atoms with Gasteiger partial charge >= 0.3 is 0 Å². The Labute approximate surface area is 122 Å². The quantitative estimate of drug-likeness (QED) is 0.700. The third-order valence-electron chi connectivity index (χ3n) is 3.81. The van der Waals surface area contributed by atoms with Gasteiger partial charge in [0.15, 0.2) is 0 Å². The van der Waals surface area contributed by atoms with E-state index in [9.17, 15) is 0 Å². The summed E-state index contributed by atoms with van der Waals surface area (Å²) < 4.78 is 0. The molecule has 1 atom stereocenters. The van der Waals surface area contributed by atoms with Crippen molar-refractivity contribution in [2.75, 3.05) is 6.54 Å². The van der Waals surface area contributed by atoms with Gasteiger partial charge in [-0.1, -0.05) is 26.7 Å². The second-order valence-electron chi connectivity index (χ2n) is 5.30. The number of nitrogens with zero attached hydrogens (tertiary/aromatic N) is 3. The standard InChI is InChI=1S/C17H23N3/c1-5-7-15(6-2)12-20-13(3)8-16(9-14(20)4)17(10-18)11-19/h8-9,15H,5-7,12H2,1-4H3. The molecule has 0 aromatic carbocycles. The van der Waals surface area contributed by atoms with Gasteiger partial charge in [-0.2, -0.15) is 10.5 Å². The van der Waals surface area contributed by atoms with Crippen LogP contribution in [0.25, 0.3) is 0 Å². The van der Waals surface area contributed by atoms with Crippen LogP contribution in [0.3, 0.4) is 0 Å². The van der Waals surface area contributed by atoms with Crippen molar-refractivity contribution >= 4 is 0 Å². The minimum atomic E-state index is 0.184. The highest BCUT2D eigenvalue weighted by atomic mass is 15.1. The van der Waals surface area contributed by atoms with Gasteiger partial charge in [-0.15, -0.1) is 0 Å². The van der Waals surface area contributed by atoms with Gasteiger partial charge in [-0.3, -0.25) is 0 Å². The van der Waals surface area contributed by atoms with Crippen LogP contribution in [0.1, 0.15) is 47.0 Å². The zero-order chi connectivity index (χ0) is 15.1. The summed E-state index contributed by atoms with van der Waals surface area (Å²) in [4.78, 5) is 2.29. The number of hydrogen-bond acceptors (Lipinski definition) is 3. The summed E-state index contributed by atoms with van der Waals surface area (Å²) in [6, 6.07) is 3.92. The smallest absolute Gasteiger partial charge is 0.137 e. The van der Waals surface area contributed by atoms with Crippen LogP contribution in [-0.2, 0) is 0 Å². The van der Waals surface area contributed by atoms with Gasteiger partial charge in [-0.05, 0) is 38.3 Å². The topological polar surface area (TPSA) is 50.8 Å². The van der Waals surface area contributed by atoms with E-state index in [1.165, 1.54) is 19.3 Å². The Hall–Kier alpha value is -2.00. The Balaban J connectivity index is 2.99. The zero-order valence-electron chi connectivity index (χ0n) is 12.9. The summed E-state index contributed by atoms with van der Waals surface area (Å²) in [7, 11) is 0. The monoisotopic (exact) mass is 269 g/mol. The van der Waals surface area contributed by atoms with E-state index in [1.54, 1.807) is 0 Å². The largest absolute Gasteiger partial charge is 0.349 e. The van der Waals surface area contributed by atoms with E-state index < -0.39 is 0 Å². The molecule has 20 heavy (non-hydrogen) atoms. The van der Waals surface area contributed by atoms with Crippen LogP contribution in [0.15, 0.2) is 34.7 Å². The van der Waals surface area contributed by atoms with Gasteiger partial charge in [-0.25, -0.2) is 0 Å². The SMILES string of the molecule is CCCC(CC)CN1C(C)=CC(=C(C#N)C#N)C=C1C. The van der Waals surface area contributed by atoms with E-state index in [2.05, 4.69) is 18.7 Å². The van der Waals surface area contributed by atoms with Gasteiger partial charge in [0, 0.05) is 23.5 Å². The predicted molar refractivity (Wildman–Crippen MR) is 81.2 cm³/mol. The van der Waals surface area contributed by atoms with E-state index in [-0.39, 0.29) is 5.57 Å². The second kappa shape index (κ2) is 7.56. The molecule has 0 aliphatic carbocycles. The summed E-state index contributed by atoms with van der Waals surface area (Å²) in [5, 5.41) is 17.9. The first kappa shape index (κ1) is 16.1. The van der Waals surface area contributed by atoms with Crippen LogP contribution in [0.4, 0.5) is 0 Å². The molecule has 3 heteroatoms. The molecule has 106 valence electrons. The molecular formula is C17H23N3. The van der Waals surface area contributed by atoms with Crippen LogP contribution in [0, 0.1) is 28.6 Å². The van der Waals surface area contributed by atoms with Gasteiger partial charge in [0.2, 0.25) is 0 Å². The maximum absolute atomic E-state index is 8.97. The molecule has 1 heterocycles. The molecule has 1 rings (SSSR count). The highest BCUT2D eigenvalue weighted by molar-refractivity contribution is 5.53. The van der Waals surface area contributed by atoms with Gasteiger partial charge in [0.1, 0.15) is 17.7 Å². The van der Waals surface area contributed by atoms with Crippen molar-refractivity contribution in [3.05, 3.63) is 34.7 Å². The molecule has 0 amide bonds. The number of allylic oxidation sites excluding steroid dienone is 6. The van der Waals surface area contributed by atoms with E-state index in [1.807, 2.05) is 38.1 Å². The Morgan fingerprint density at radius 3 is 2.10 bits per heavy atom. The molecule has 0 spiro atoms. The second-order valence-corrected chi connectivity index (χ2v) is 5.30. The van der Waals surface area contributed by atoms with Crippen LogP contribution >= 0.6 is 0 Å². The Bertz CT molecular complexity index is 485. The molecule has 0 saturated carbocycles. The third kappa shape index (κ3) is 3.75. The molecule has 0 saturated heterocycles. The van der Waals surface area contributed by atoms with Crippen LogP contribution in [0.2, 0.25) is 0 Å². The molecule has 1 aliphatic heterocycles. The van der Waals surface area contributed by atoms with Gasteiger partial charge in [0.05, 0.1) is 0 Å². The molecular weight excluding hydrogens is 246 g/mol. The van der Waals surface area contributed by atoms with Crippen molar-refractivity contribution < 1.29 is 0 Å². The van der Waals surface area contributed by atoms with Crippen LogP contribution in [-0.4, -0.2) is 11.4 Å². The van der Waals surface area contributed by atoms with E-state index >= 15 is 0 Å². The van der Waals surface area contributed by atoms with Crippen molar-refractivity contribution in [3.8, 4) is 12.1 Å². The fourth-order valence-electron chi connectivity index (χ4n) is 2.60. The molecule has 0 radical (unpaired) electrons. The molecule has 0 bridgehead atoms. The first-order valence-electron chi connectivity index (χ1n) is 7.25. The summed E-state index contributed by atoms with van der Waals surface area (Å²) in [6.45, 7) is 9.55. The average Bonchev–Trinajstić information content (AvgIpc) is 2.43. The first-order valence-corrected chi connectivity index (χ1v) is 7.25. The maximum atomic E-state index is 8.97. The molecule has 0 aromatic rings. The minimum Gasteiger partial charge on any atom is -0.349 e. The van der Waals surface area contributed by atoms with Crippen molar-refractivity contribution in [1.29, 1.82) is 10.5 Å². The lowest BCUT2D eigenvalue weighted by molar-refractivity contribution is 0.315. The fraction of sp³-hybridized carbons (Fsp3) is 0.529. The van der Waals surface area contributed by atoms with E-state index in [0.29, 0.717) is 5.92 Å². The van der Waals surface area contributed by atoms with Crippen molar-refractivity contribution in [3.63, 3.8) is 0 Å². The molecule has 0 fully saturated rings. The number of hydrogen-bond donors (Lipinski definition) is 0. The Morgan fingerprint density at radius 2 is 1.70 bits per heavy atom. The zero-order valence-corrected chi connectivity index (χ0v) is 12.9. The predicted octanol–water partition coefficient (Wildman–Crippen LogP) is 4.28. The van der Waals surface area contributed by atoms with Gasteiger partial charge < -0.3 is 4.90 Å². The molecule has 1 aliphatic rings. The van der Waals surface area contributed by atoms with Gasteiger partial charge in [0.25, 0.3) is 0 Å². The third-order valence-corrected chi connectivity index (χ3v) is 3.81. The number of rotatable bonds is 5. The Kier molecular flexibility index (Phi) is 6.07. The fourth-order valence-corrected chi connectivity index (χ4v) is 2.60. The lowest BCUT2D eigenvalue weighted by Gasteiger charge is -2.33. The highest BCUT2D eigenvalue weighted by Crippen LogP contribution is 2.27. The molecule has 1 unspecified atom stereocenters. The summed E-state index contributed by atoms with van der Waals surface area (Å²) >= 11 is 0. The lowest BCUT2D eigenvalue weighted by atomic mass is 9.97. The molecule has 0 N–H and O–H groups in total. The molecule has 3 nitrogen and oxygen atoms in total. The molecule has 0 aromatic heterocycles. The van der Waals surface area contributed by atoms with Crippen molar-refractivity contribution in [2.45, 2.75) is 47.0 Å². The van der Waals surface area contributed by atoms with E-state index in [4.69, 9.17) is 10.5 Å². The van der Waals surface area contributed by atoms with Crippen LogP contribution < -0.4 is 0 Å². The average molecular weight is 269 g/mol. The van der Waals surface area contributed by atoms with Crippen molar-refractivity contribution in [2.24, 2.45) is 5.92 Å². The maximum Gasteiger partial charge on any atom is 0.137 e. The first-order chi connectivity index (χ1) is 9.57. The summed E-state index contributed by atoms with van der Waals surface area (Å²) in [5.74, 6) is 0.684. The Morgan fingerprint density at radius 1 is 1.15 bits per heavy atom. The summed E-state index contributed by atoms with van der Waals surface area (Å²) in [6.07, 6.45) is 7.49. The normalized spacial score (nSPS) is 15.9. The number of nitriles is 2. The highest BCUT2D eigenvalue weighted by Gasteiger charge is 2.18. The van der Waals surface area contributed by atoms with E-state index in [0.717, 1.165) is 23.5 Å². The van der Waals surface area contributed by atoms with Crippen LogP contribution in [0.5, 0.6) is 0 Å². The van der Waals surface area contributed by atoms with Crippen molar-refractivity contribution in [1.82, 2.24) is 4.90 Å². The minimum absolute atomic E-state index is 0.184.